The van der Waals surface area contributed by atoms with Crippen LogP contribution in [-0.4, -0.2) is 22.5 Å². The van der Waals surface area contributed by atoms with Gasteiger partial charge < -0.3 is 10.4 Å². The van der Waals surface area contributed by atoms with Crippen molar-refractivity contribution >= 4 is 11.9 Å². The van der Waals surface area contributed by atoms with Crippen LogP contribution in [0.4, 0.5) is 0 Å². The quantitative estimate of drug-likeness (QED) is 0.867. The Hall–Kier alpha value is -1.84. The minimum absolute atomic E-state index is 0.0575. The smallest absolute Gasteiger partial charge is 0.329 e. The van der Waals surface area contributed by atoms with Gasteiger partial charge in [-0.05, 0) is 43.2 Å². The zero-order valence-electron chi connectivity index (χ0n) is 10.8. The van der Waals surface area contributed by atoms with E-state index in [1.807, 2.05) is 25.1 Å². The number of rotatable bonds is 4. The van der Waals surface area contributed by atoms with Crippen LogP contribution >= 0.6 is 0 Å². The van der Waals surface area contributed by atoms with Crippen LogP contribution in [0.1, 0.15) is 36.3 Å². The molecule has 2 N–H and O–H groups in total. The van der Waals surface area contributed by atoms with Crippen LogP contribution in [0.25, 0.3) is 0 Å². The van der Waals surface area contributed by atoms with Gasteiger partial charge in [-0.2, -0.15) is 0 Å². The number of carboxylic acid groups (broad SMARTS) is 1. The molecule has 2 aliphatic rings. The number of carboxylic acids is 1. The van der Waals surface area contributed by atoms with Gasteiger partial charge in [0.25, 0.3) is 0 Å². The van der Waals surface area contributed by atoms with Gasteiger partial charge in [-0.25, -0.2) is 4.79 Å². The van der Waals surface area contributed by atoms with Gasteiger partial charge >= 0.3 is 5.97 Å². The number of amides is 1. The molecule has 2 saturated carbocycles. The first kappa shape index (κ1) is 12.2. The van der Waals surface area contributed by atoms with Crippen molar-refractivity contribution in [3.05, 3.63) is 35.4 Å². The molecule has 0 bridgehead atoms. The van der Waals surface area contributed by atoms with Crippen LogP contribution < -0.4 is 5.32 Å². The zero-order valence-corrected chi connectivity index (χ0v) is 10.8. The predicted octanol–water partition coefficient (Wildman–Crippen LogP) is 1.83. The second kappa shape index (κ2) is 4.08. The first-order chi connectivity index (χ1) is 9.03. The average molecular weight is 259 g/mol. The lowest BCUT2D eigenvalue weighted by atomic mass is 10.0. The number of benzene rings is 1. The molecule has 0 saturated heterocycles. The summed E-state index contributed by atoms with van der Waals surface area (Å²) in [5.74, 6) is -0.814. The summed E-state index contributed by atoms with van der Waals surface area (Å²) in [5.41, 5.74) is 1.45. The fourth-order valence-corrected chi connectivity index (χ4v) is 2.68. The summed E-state index contributed by atoms with van der Waals surface area (Å²) >= 11 is 0. The largest absolute Gasteiger partial charge is 0.480 e. The first-order valence-corrected chi connectivity index (χ1v) is 6.64. The third kappa shape index (κ3) is 2.11. The number of carbonyl (C=O) groups is 2. The molecule has 4 nitrogen and oxygen atoms in total. The third-order valence-corrected chi connectivity index (χ3v) is 4.24. The van der Waals surface area contributed by atoms with Gasteiger partial charge in [-0.3, -0.25) is 4.79 Å². The summed E-state index contributed by atoms with van der Waals surface area (Å²) in [6, 6.07) is 8.06. The Labute approximate surface area is 111 Å². The summed E-state index contributed by atoms with van der Waals surface area (Å²) in [5, 5.41) is 11.8. The molecule has 2 atom stereocenters. The predicted molar refractivity (Wildman–Crippen MR) is 69.8 cm³/mol. The monoisotopic (exact) mass is 259 g/mol. The molecule has 0 spiro atoms. The van der Waals surface area contributed by atoms with E-state index in [0.717, 1.165) is 6.42 Å². The van der Waals surface area contributed by atoms with Crippen LogP contribution in [0.5, 0.6) is 0 Å². The lowest BCUT2D eigenvalue weighted by molar-refractivity contribution is -0.143. The van der Waals surface area contributed by atoms with Gasteiger partial charge in [-0.15, -0.1) is 0 Å². The Morgan fingerprint density at radius 2 is 2.00 bits per heavy atom. The van der Waals surface area contributed by atoms with Crippen molar-refractivity contribution in [1.82, 2.24) is 5.32 Å². The van der Waals surface area contributed by atoms with E-state index < -0.39 is 11.5 Å². The second-order valence-corrected chi connectivity index (χ2v) is 5.68. The van der Waals surface area contributed by atoms with Crippen LogP contribution in [-0.2, 0) is 9.59 Å². The van der Waals surface area contributed by atoms with E-state index in [0.29, 0.717) is 12.8 Å². The summed E-state index contributed by atoms with van der Waals surface area (Å²) in [6.45, 7) is 2.04. The number of hydrogen-bond acceptors (Lipinski definition) is 2. The van der Waals surface area contributed by atoms with Crippen LogP contribution in [0.3, 0.4) is 0 Å². The van der Waals surface area contributed by atoms with Crippen molar-refractivity contribution in [3.63, 3.8) is 0 Å². The molecular weight excluding hydrogens is 242 g/mol. The molecular formula is C15H17NO3. The number of aliphatic carboxylic acids is 1. The van der Waals surface area contributed by atoms with Crippen molar-refractivity contribution in [3.8, 4) is 0 Å². The number of carbonyl (C=O) groups excluding carboxylic acids is 1. The Bertz CT molecular complexity index is 548. The molecule has 0 heterocycles. The van der Waals surface area contributed by atoms with E-state index in [4.69, 9.17) is 5.11 Å². The fraction of sp³-hybridized carbons (Fsp3) is 0.467. The van der Waals surface area contributed by atoms with E-state index >= 15 is 0 Å². The molecule has 2 fully saturated rings. The Kier molecular flexibility index (Phi) is 2.62. The van der Waals surface area contributed by atoms with Gasteiger partial charge in [0.1, 0.15) is 5.54 Å². The summed E-state index contributed by atoms with van der Waals surface area (Å²) in [4.78, 5) is 23.1. The van der Waals surface area contributed by atoms with Gasteiger partial charge in [0.15, 0.2) is 0 Å². The van der Waals surface area contributed by atoms with Crippen LogP contribution in [0.15, 0.2) is 24.3 Å². The highest BCUT2D eigenvalue weighted by atomic mass is 16.4. The SMILES string of the molecule is Cc1ccccc1[C@@H]1C[C@@H]1C(=O)NC1(C(=O)O)CC1. The van der Waals surface area contributed by atoms with Crippen LogP contribution in [0.2, 0.25) is 0 Å². The van der Waals surface area contributed by atoms with Crippen LogP contribution in [0, 0.1) is 12.8 Å². The van der Waals surface area contributed by atoms with Gasteiger partial charge in [0.05, 0.1) is 0 Å². The molecule has 0 unspecified atom stereocenters. The third-order valence-electron chi connectivity index (χ3n) is 4.24. The van der Waals surface area contributed by atoms with E-state index in [2.05, 4.69) is 11.4 Å². The molecule has 2 aliphatic carbocycles. The molecule has 0 aliphatic heterocycles. The maximum Gasteiger partial charge on any atom is 0.329 e. The zero-order chi connectivity index (χ0) is 13.6. The molecule has 0 radical (unpaired) electrons. The van der Waals surface area contributed by atoms with E-state index in [9.17, 15) is 9.59 Å². The van der Waals surface area contributed by atoms with Crippen molar-refractivity contribution in [2.45, 2.75) is 37.6 Å². The minimum atomic E-state index is -0.962. The van der Waals surface area contributed by atoms with Crippen molar-refractivity contribution < 1.29 is 14.7 Å². The van der Waals surface area contributed by atoms with Crippen molar-refractivity contribution in [2.75, 3.05) is 0 Å². The highest BCUT2D eigenvalue weighted by Crippen LogP contribution is 2.49. The molecule has 100 valence electrons. The molecule has 4 heteroatoms. The van der Waals surface area contributed by atoms with E-state index in [1.165, 1.54) is 11.1 Å². The average Bonchev–Trinajstić information content (AvgIpc) is 3.23. The lowest BCUT2D eigenvalue weighted by Gasteiger charge is -2.12. The Balaban J connectivity index is 1.66. The summed E-state index contributed by atoms with van der Waals surface area (Å²) < 4.78 is 0. The lowest BCUT2D eigenvalue weighted by Crippen LogP contribution is -2.43. The molecule has 3 rings (SSSR count). The summed E-state index contributed by atoms with van der Waals surface area (Å²) in [6.07, 6.45) is 1.93. The number of hydrogen-bond donors (Lipinski definition) is 2. The van der Waals surface area contributed by atoms with Gasteiger partial charge in [-0.1, -0.05) is 24.3 Å². The topological polar surface area (TPSA) is 66.4 Å². The highest BCUT2D eigenvalue weighted by Gasteiger charge is 2.54. The minimum Gasteiger partial charge on any atom is -0.480 e. The van der Waals surface area contributed by atoms with E-state index in [-0.39, 0.29) is 17.7 Å². The molecule has 1 amide bonds. The van der Waals surface area contributed by atoms with E-state index in [1.54, 1.807) is 0 Å². The van der Waals surface area contributed by atoms with Crippen molar-refractivity contribution in [2.24, 2.45) is 5.92 Å². The maximum atomic E-state index is 12.1. The fourth-order valence-electron chi connectivity index (χ4n) is 2.68. The second-order valence-electron chi connectivity index (χ2n) is 5.68. The standard InChI is InChI=1S/C15H17NO3/c1-9-4-2-3-5-10(9)11-8-12(11)13(17)16-15(6-7-15)14(18)19/h2-5,11-12H,6-8H2,1H3,(H,16,17)(H,18,19)/t11-,12-/m0/s1. The van der Waals surface area contributed by atoms with Gasteiger partial charge in [0, 0.05) is 5.92 Å². The molecule has 0 aromatic heterocycles. The van der Waals surface area contributed by atoms with Gasteiger partial charge in [0.2, 0.25) is 5.91 Å². The Morgan fingerprint density at radius 1 is 1.32 bits per heavy atom. The molecule has 19 heavy (non-hydrogen) atoms. The summed E-state index contributed by atoms with van der Waals surface area (Å²) in [7, 11) is 0. The Morgan fingerprint density at radius 3 is 2.58 bits per heavy atom. The maximum absolute atomic E-state index is 12.1. The highest BCUT2D eigenvalue weighted by molar-refractivity contribution is 5.92. The number of nitrogens with one attached hydrogen (secondary N) is 1. The normalized spacial score (nSPS) is 26.6. The molecule has 1 aromatic carbocycles. The first-order valence-electron chi connectivity index (χ1n) is 6.64. The molecule has 1 aromatic rings. The number of aryl methyl sites for hydroxylation is 1. The van der Waals surface area contributed by atoms with Crippen molar-refractivity contribution in [1.29, 1.82) is 0 Å².